The van der Waals surface area contributed by atoms with Gasteiger partial charge in [-0.05, 0) is 56.8 Å². The third-order valence-corrected chi connectivity index (χ3v) is 6.02. The Morgan fingerprint density at radius 1 is 0.885 bits per heavy atom. The highest BCUT2D eigenvalue weighted by Crippen LogP contribution is 2.40. The van der Waals surface area contributed by atoms with Gasteiger partial charge in [0.2, 0.25) is 0 Å². The molecule has 0 spiro atoms. The number of rotatable bonds is 10. The summed E-state index contributed by atoms with van der Waals surface area (Å²) in [7, 11) is 0. The van der Waals surface area contributed by atoms with Crippen molar-refractivity contribution in [1.29, 1.82) is 0 Å². The van der Waals surface area contributed by atoms with Crippen LogP contribution in [0.5, 0.6) is 0 Å². The second kappa shape index (κ2) is 8.28. The van der Waals surface area contributed by atoms with Crippen molar-refractivity contribution in [2.45, 2.75) is 82.2 Å². The van der Waals surface area contributed by atoms with Crippen molar-refractivity contribution in [2.75, 3.05) is 13.2 Å². The van der Waals surface area contributed by atoms with Gasteiger partial charge in [0.25, 0.3) is 0 Å². The predicted molar refractivity (Wildman–Crippen MR) is 93.0 cm³/mol. The number of ether oxygens (including phenoxy) is 3. The summed E-state index contributed by atoms with van der Waals surface area (Å²) in [4.78, 5) is 22.4. The van der Waals surface area contributed by atoms with Gasteiger partial charge in [-0.15, -0.1) is 0 Å². The molecular formula is C20H30O6. The summed E-state index contributed by atoms with van der Waals surface area (Å²) in [6.45, 7) is 4.96. The number of allylic oxidation sites excluding steroid dienone is 1. The maximum atomic E-state index is 11.8. The molecule has 2 aliphatic heterocycles. The molecule has 6 unspecified atom stereocenters. The first-order valence-electron chi connectivity index (χ1n) is 10.1. The average Bonchev–Trinajstić information content (AvgIpc) is 3.53. The van der Waals surface area contributed by atoms with Gasteiger partial charge >= 0.3 is 5.97 Å². The smallest absolute Gasteiger partial charge is 0.305 e. The zero-order valence-electron chi connectivity index (χ0n) is 15.4. The lowest BCUT2D eigenvalue weighted by molar-refractivity contribution is -0.272. The number of hydrogen-bond donors (Lipinski definition) is 0. The number of esters is 1. The van der Waals surface area contributed by atoms with Gasteiger partial charge in [-0.25, -0.2) is 0 Å². The molecule has 0 aromatic heterocycles. The van der Waals surface area contributed by atoms with Crippen LogP contribution in [0.4, 0.5) is 0 Å². The molecule has 0 bridgehead atoms. The van der Waals surface area contributed by atoms with Crippen molar-refractivity contribution in [2.24, 2.45) is 11.8 Å². The Morgan fingerprint density at radius 2 is 1.54 bits per heavy atom. The SMILES string of the molecule is C=C(CCCC(=O)OCC1CCC2OC2C1)OOCC1CCC2OC2C1. The molecule has 2 saturated carbocycles. The Kier molecular flexibility index (Phi) is 5.81. The fourth-order valence-corrected chi connectivity index (χ4v) is 4.24. The monoisotopic (exact) mass is 366 g/mol. The normalized spacial score (nSPS) is 37.2. The number of fused-ring (bicyclic) bond motifs is 2. The van der Waals surface area contributed by atoms with Crippen molar-refractivity contribution < 1.29 is 28.8 Å². The fourth-order valence-electron chi connectivity index (χ4n) is 4.24. The highest BCUT2D eigenvalue weighted by Gasteiger charge is 2.44. The summed E-state index contributed by atoms with van der Waals surface area (Å²) in [5.41, 5.74) is 0. The Morgan fingerprint density at radius 3 is 2.19 bits per heavy atom. The van der Waals surface area contributed by atoms with Gasteiger partial charge in [0.15, 0.2) is 0 Å². The average molecular weight is 366 g/mol. The van der Waals surface area contributed by atoms with E-state index in [4.69, 9.17) is 24.0 Å². The van der Waals surface area contributed by atoms with Crippen LogP contribution in [0.1, 0.15) is 57.8 Å². The summed E-state index contributed by atoms with van der Waals surface area (Å²) in [5.74, 6) is 1.40. The highest BCUT2D eigenvalue weighted by atomic mass is 17.2. The Hall–Kier alpha value is -1.11. The van der Waals surface area contributed by atoms with Crippen LogP contribution in [0.3, 0.4) is 0 Å². The van der Waals surface area contributed by atoms with E-state index in [0.717, 1.165) is 38.5 Å². The van der Waals surface area contributed by atoms with Crippen LogP contribution in [0.2, 0.25) is 0 Å². The first kappa shape index (κ1) is 18.3. The summed E-state index contributed by atoms with van der Waals surface area (Å²) >= 11 is 0. The highest BCUT2D eigenvalue weighted by molar-refractivity contribution is 5.69. The lowest BCUT2D eigenvalue weighted by Gasteiger charge is -2.18. The predicted octanol–water partition coefficient (Wildman–Crippen LogP) is 3.30. The minimum absolute atomic E-state index is 0.140. The lowest BCUT2D eigenvalue weighted by atomic mass is 9.90. The first-order valence-corrected chi connectivity index (χ1v) is 10.1. The molecule has 4 aliphatic rings. The van der Waals surface area contributed by atoms with E-state index >= 15 is 0 Å². The topological polar surface area (TPSA) is 69.8 Å². The lowest BCUT2D eigenvalue weighted by Crippen LogP contribution is -2.20. The molecule has 6 atom stereocenters. The molecular weight excluding hydrogens is 336 g/mol. The van der Waals surface area contributed by atoms with E-state index in [-0.39, 0.29) is 5.97 Å². The van der Waals surface area contributed by atoms with Gasteiger partial charge < -0.3 is 19.1 Å². The van der Waals surface area contributed by atoms with Gasteiger partial charge in [-0.2, -0.15) is 4.89 Å². The molecule has 2 heterocycles. The van der Waals surface area contributed by atoms with Crippen LogP contribution < -0.4 is 0 Å². The second-order valence-electron chi connectivity index (χ2n) is 8.23. The first-order chi connectivity index (χ1) is 12.7. The Balaban J connectivity index is 0.995. The molecule has 2 saturated heterocycles. The maximum absolute atomic E-state index is 11.8. The maximum Gasteiger partial charge on any atom is 0.305 e. The molecule has 0 radical (unpaired) electrons. The molecule has 2 aliphatic carbocycles. The molecule has 0 aromatic rings. The number of carbonyl (C=O) groups excluding carboxylic acids is 1. The van der Waals surface area contributed by atoms with Gasteiger partial charge in [0.05, 0.1) is 37.6 Å². The Bertz CT molecular complexity index is 520. The fraction of sp³-hybridized carbons (Fsp3) is 0.850. The van der Waals surface area contributed by atoms with Crippen molar-refractivity contribution in [3.8, 4) is 0 Å². The zero-order valence-corrected chi connectivity index (χ0v) is 15.4. The van der Waals surface area contributed by atoms with Gasteiger partial charge in [-0.1, -0.05) is 6.58 Å². The molecule has 146 valence electrons. The molecule has 4 fully saturated rings. The minimum atomic E-state index is -0.140. The van der Waals surface area contributed by atoms with E-state index < -0.39 is 0 Å². The number of hydrogen-bond acceptors (Lipinski definition) is 6. The van der Waals surface area contributed by atoms with Gasteiger partial charge in [-0.3, -0.25) is 4.79 Å². The molecule has 0 N–H and O–H groups in total. The molecule has 6 nitrogen and oxygen atoms in total. The van der Waals surface area contributed by atoms with E-state index in [1.54, 1.807) is 0 Å². The van der Waals surface area contributed by atoms with Gasteiger partial charge in [0, 0.05) is 12.8 Å². The van der Waals surface area contributed by atoms with E-state index in [1.807, 2.05) is 0 Å². The van der Waals surface area contributed by atoms with Gasteiger partial charge in [0.1, 0.15) is 5.76 Å². The van der Waals surface area contributed by atoms with Crippen LogP contribution in [0.25, 0.3) is 0 Å². The van der Waals surface area contributed by atoms with Crippen LogP contribution >= 0.6 is 0 Å². The van der Waals surface area contributed by atoms with Crippen LogP contribution in [-0.2, 0) is 28.8 Å². The van der Waals surface area contributed by atoms with E-state index in [2.05, 4.69) is 6.58 Å². The molecule has 0 aromatic carbocycles. The van der Waals surface area contributed by atoms with Crippen LogP contribution in [-0.4, -0.2) is 43.6 Å². The number of carbonyl (C=O) groups is 1. The summed E-state index contributed by atoms with van der Waals surface area (Å²) in [6.07, 6.45) is 10.1. The van der Waals surface area contributed by atoms with E-state index in [9.17, 15) is 4.79 Å². The third kappa shape index (κ3) is 5.21. The summed E-state index contributed by atoms with van der Waals surface area (Å²) < 4.78 is 16.4. The van der Waals surface area contributed by atoms with E-state index in [1.165, 1.54) is 0 Å². The third-order valence-electron chi connectivity index (χ3n) is 6.02. The minimum Gasteiger partial charge on any atom is -0.465 e. The molecule has 4 rings (SSSR count). The van der Waals surface area contributed by atoms with Crippen LogP contribution in [0.15, 0.2) is 12.3 Å². The molecule has 0 amide bonds. The second-order valence-corrected chi connectivity index (χ2v) is 8.23. The number of epoxide rings is 2. The van der Waals surface area contributed by atoms with Crippen molar-refractivity contribution in [3.05, 3.63) is 12.3 Å². The van der Waals surface area contributed by atoms with E-state index in [0.29, 0.717) is 74.5 Å². The molecule has 6 heteroatoms. The van der Waals surface area contributed by atoms with Crippen LogP contribution in [0, 0.1) is 11.8 Å². The molecule has 26 heavy (non-hydrogen) atoms. The largest absolute Gasteiger partial charge is 0.465 e. The zero-order chi connectivity index (χ0) is 17.9. The van der Waals surface area contributed by atoms with Crippen molar-refractivity contribution in [3.63, 3.8) is 0 Å². The Labute approximate surface area is 155 Å². The van der Waals surface area contributed by atoms with Crippen molar-refractivity contribution in [1.82, 2.24) is 0 Å². The quantitative estimate of drug-likeness (QED) is 0.194. The summed E-state index contributed by atoms with van der Waals surface area (Å²) in [5, 5.41) is 0. The van der Waals surface area contributed by atoms with Crippen molar-refractivity contribution >= 4 is 5.97 Å². The standard InChI is InChI=1S/C20H30O6/c1-13(26-23-12-15-6-8-17-19(10-15)25-17)3-2-4-20(21)22-11-14-5-7-16-18(9-14)24-16/h14-19H,1-12H2. The summed E-state index contributed by atoms with van der Waals surface area (Å²) in [6, 6.07) is 0.